The zero-order valence-electron chi connectivity index (χ0n) is 12.7. The number of morpholine rings is 1. The predicted octanol–water partition coefficient (Wildman–Crippen LogP) is 1.69. The number of hydrogen-bond donors (Lipinski definition) is 1. The summed E-state index contributed by atoms with van der Waals surface area (Å²) in [7, 11) is 0. The first-order valence-electron chi connectivity index (χ1n) is 7.43. The molecule has 0 saturated carbocycles. The Morgan fingerprint density at radius 2 is 2.14 bits per heavy atom. The van der Waals surface area contributed by atoms with Crippen molar-refractivity contribution in [2.24, 2.45) is 0 Å². The third-order valence-corrected chi connectivity index (χ3v) is 3.77. The lowest BCUT2D eigenvalue weighted by molar-refractivity contribution is -0.135. The van der Waals surface area contributed by atoms with Crippen LogP contribution in [-0.2, 0) is 9.53 Å². The monoisotopic (exact) mass is 292 g/mol. The van der Waals surface area contributed by atoms with Crippen molar-refractivity contribution in [3.8, 4) is 0 Å². The molecule has 0 amide bonds. The number of carbonyl (C=O) groups is 1. The van der Waals surface area contributed by atoms with Gasteiger partial charge in [-0.2, -0.15) is 0 Å². The molecule has 1 aromatic rings. The van der Waals surface area contributed by atoms with Gasteiger partial charge >= 0.3 is 5.97 Å². The molecule has 1 aliphatic heterocycles. The Labute approximate surface area is 126 Å². The van der Waals surface area contributed by atoms with Crippen LogP contribution >= 0.6 is 0 Å². The first-order valence-corrected chi connectivity index (χ1v) is 7.43. The van der Waals surface area contributed by atoms with Crippen LogP contribution in [0.3, 0.4) is 0 Å². The predicted molar refractivity (Wildman–Crippen MR) is 82.7 cm³/mol. The summed E-state index contributed by atoms with van der Waals surface area (Å²) in [6.07, 6.45) is 0.0423. The van der Waals surface area contributed by atoms with Crippen LogP contribution in [0.5, 0.6) is 0 Å². The molecule has 1 N–H and O–H groups in total. The molecule has 21 heavy (non-hydrogen) atoms. The maximum Gasteiger partial charge on any atom is 0.323 e. The summed E-state index contributed by atoms with van der Waals surface area (Å²) in [5.41, 5.74) is 0.921. The average molecular weight is 292 g/mol. The van der Waals surface area contributed by atoms with E-state index in [1.54, 1.807) is 0 Å². The Kier molecular flexibility index (Phi) is 5.59. The zero-order chi connectivity index (χ0) is 15.2. The average Bonchev–Trinajstić information content (AvgIpc) is 2.47. The Bertz CT molecular complexity index is 450. The minimum atomic E-state index is -0.824. The minimum absolute atomic E-state index is 0.00838. The number of ether oxygens (including phenoxy) is 1. The van der Waals surface area contributed by atoms with E-state index in [2.05, 4.69) is 18.7 Å². The van der Waals surface area contributed by atoms with E-state index in [1.165, 1.54) is 0 Å². The highest BCUT2D eigenvalue weighted by Crippen LogP contribution is 2.16. The van der Waals surface area contributed by atoms with Crippen LogP contribution in [0, 0.1) is 0 Å². The SMILES string of the molecule is CC(C)N1CCOC(CN(CC(=O)O)c2ccccc2)C1. The third kappa shape index (κ3) is 4.72. The van der Waals surface area contributed by atoms with Crippen LogP contribution in [0.15, 0.2) is 30.3 Å². The highest BCUT2D eigenvalue weighted by Gasteiger charge is 2.25. The molecule has 1 aliphatic rings. The van der Waals surface area contributed by atoms with Crippen molar-refractivity contribution in [1.29, 1.82) is 0 Å². The molecular weight excluding hydrogens is 268 g/mol. The van der Waals surface area contributed by atoms with E-state index in [-0.39, 0.29) is 12.6 Å². The van der Waals surface area contributed by atoms with E-state index in [0.717, 1.165) is 18.8 Å². The molecule has 0 spiro atoms. The molecule has 0 aromatic heterocycles. The van der Waals surface area contributed by atoms with Gasteiger partial charge in [0, 0.05) is 31.4 Å². The number of anilines is 1. The Balaban J connectivity index is 2.03. The summed E-state index contributed by atoms with van der Waals surface area (Å²) in [6, 6.07) is 10.1. The van der Waals surface area contributed by atoms with Gasteiger partial charge in [0.25, 0.3) is 0 Å². The fraction of sp³-hybridized carbons (Fsp3) is 0.562. The third-order valence-electron chi connectivity index (χ3n) is 3.77. The van der Waals surface area contributed by atoms with E-state index >= 15 is 0 Å². The number of carboxylic acid groups (broad SMARTS) is 1. The maximum absolute atomic E-state index is 11.1. The second-order valence-electron chi connectivity index (χ2n) is 5.69. The first kappa shape index (κ1) is 15.8. The molecule has 0 radical (unpaired) electrons. The lowest BCUT2D eigenvalue weighted by Gasteiger charge is -2.37. The van der Waals surface area contributed by atoms with Crippen molar-refractivity contribution in [3.05, 3.63) is 30.3 Å². The van der Waals surface area contributed by atoms with Gasteiger partial charge in [-0.3, -0.25) is 9.69 Å². The quantitative estimate of drug-likeness (QED) is 0.864. The van der Waals surface area contributed by atoms with Crippen LogP contribution in [0.1, 0.15) is 13.8 Å². The van der Waals surface area contributed by atoms with Crippen molar-refractivity contribution in [1.82, 2.24) is 4.90 Å². The van der Waals surface area contributed by atoms with E-state index in [4.69, 9.17) is 9.84 Å². The van der Waals surface area contributed by atoms with E-state index in [9.17, 15) is 4.79 Å². The number of benzene rings is 1. The second-order valence-corrected chi connectivity index (χ2v) is 5.69. The summed E-state index contributed by atoms with van der Waals surface area (Å²) in [5.74, 6) is -0.824. The van der Waals surface area contributed by atoms with Crippen molar-refractivity contribution in [2.45, 2.75) is 26.0 Å². The molecule has 1 fully saturated rings. The Hall–Kier alpha value is -1.59. The number of nitrogens with zero attached hydrogens (tertiary/aromatic N) is 2. The molecule has 5 nitrogen and oxygen atoms in total. The molecule has 2 rings (SSSR count). The molecule has 0 aliphatic carbocycles. The van der Waals surface area contributed by atoms with E-state index in [1.807, 2.05) is 35.2 Å². The maximum atomic E-state index is 11.1. The lowest BCUT2D eigenvalue weighted by atomic mass is 10.2. The number of rotatable bonds is 6. The van der Waals surface area contributed by atoms with E-state index in [0.29, 0.717) is 19.2 Å². The van der Waals surface area contributed by atoms with Crippen molar-refractivity contribution in [3.63, 3.8) is 0 Å². The van der Waals surface area contributed by atoms with Gasteiger partial charge < -0.3 is 14.7 Å². The fourth-order valence-corrected chi connectivity index (χ4v) is 2.63. The highest BCUT2D eigenvalue weighted by atomic mass is 16.5. The molecule has 1 heterocycles. The van der Waals surface area contributed by atoms with Gasteiger partial charge in [0.05, 0.1) is 12.7 Å². The number of carboxylic acids is 1. The number of hydrogen-bond acceptors (Lipinski definition) is 4. The standard InChI is InChI=1S/C16H24N2O3/c1-13(2)17-8-9-21-15(10-17)11-18(12-16(19)20)14-6-4-3-5-7-14/h3-7,13,15H,8-12H2,1-2H3,(H,19,20). The molecule has 1 unspecified atom stereocenters. The van der Waals surface area contributed by atoms with Crippen molar-refractivity contribution in [2.75, 3.05) is 37.7 Å². The minimum Gasteiger partial charge on any atom is -0.480 e. The summed E-state index contributed by atoms with van der Waals surface area (Å²) in [4.78, 5) is 15.3. The van der Waals surface area contributed by atoms with Crippen LogP contribution in [0.4, 0.5) is 5.69 Å². The molecular formula is C16H24N2O3. The lowest BCUT2D eigenvalue weighted by Crippen LogP contribution is -2.50. The smallest absolute Gasteiger partial charge is 0.323 e. The highest BCUT2D eigenvalue weighted by molar-refractivity contribution is 5.73. The van der Waals surface area contributed by atoms with Crippen LogP contribution in [0.2, 0.25) is 0 Å². The largest absolute Gasteiger partial charge is 0.480 e. The summed E-state index contributed by atoms with van der Waals surface area (Å²) < 4.78 is 5.82. The number of aliphatic carboxylic acids is 1. The van der Waals surface area contributed by atoms with Gasteiger partial charge in [0.2, 0.25) is 0 Å². The fourth-order valence-electron chi connectivity index (χ4n) is 2.63. The number of para-hydroxylation sites is 1. The van der Waals surface area contributed by atoms with Crippen molar-refractivity contribution >= 4 is 11.7 Å². The topological polar surface area (TPSA) is 53.0 Å². The van der Waals surface area contributed by atoms with Crippen LogP contribution < -0.4 is 4.90 Å². The Morgan fingerprint density at radius 1 is 1.43 bits per heavy atom. The summed E-state index contributed by atoms with van der Waals surface area (Å²) >= 11 is 0. The van der Waals surface area contributed by atoms with Gasteiger partial charge in [-0.1, -0.05) is 18.2 Å². The molecule has 1 aromatic carbocycles. The molecule has 1 saturated heterocycles. The van der Waals surface area contributed by atoms with Gasteiger partial charge in [-0.05, 0) is 26.0 Å². The van der Waals surface area contributed by atoms with Gasteiger partial charge in [0.1, 0.15) is 6.54 Å². The van der Waals surface area contributed by atoms with Crippen LogP contribution in [0.25, 0.3) is 0 Å². The van der Waals surface area contributed by atoms with Crippen molar-refractivity contribution < 1.29 is 14.6 Å². The first-order chi connectivity index (χ1) is 10.1. The van der Waals surface area contributed by atoms with Gasteiger partial charge in [0.15, 0.2) is 0 Å². The normalized spacial score (nSPS) is 19.7. The Morgan fingerprint density at radius 3 is 2.76 bits per heavy atom. The zero-order valence-corrected chi connectivity index (χ0v) is 12.7. The summed E-state index contributed by atoms with van der Waals surface area (Å²) in [6.45, 7) is 7.44. The molecule has 116 valence electrons. The van der Waals surface area contributed by atoms with Gasteiger partial charge in [-0.15, -0.1) is 0 Å². The molecule has 1 atom stereocenters. The van der Waals surface area contributed by atoms with Gasteiger partial charge in [-0.25, -0.2) is 0 Å². The summed E-state index contributed by atoms with van der Waals surface area (Å²) in [5, 5.41) is 9.12. The second kappa shape index (κ2) is 7.43. The molecule has 0 bridgehead atoms. The van der Waals surface area contributed by atoms with Crippen LogP contribution in [-0.4, -0.2) is 60.9 Å². The van der Waals surface area contributed by atoms with E-state index < -0.39 is 5.97 Å². The molecule has 5 heteroatoms.